The lowest BCUT2D eigenvalue weighted by atomic mass is 10.1. The molecular weight excluding hydrogens is 515 g/mol. The average Bonchev–Trinajstić information content (AvgIpc) is 3.23. The molecule has 0 saturated carbocycles. The van der Waals surface area contributed by atoms with Gasteiger partial charge in [-0.3, -0.25) is 14.5 Å². The Labute approximate surface area is 206 Å². The fourth-order valence-corrected chi connectivity index (χ4v) is 3.45. The number of carbonyl (C=O) groups is 1. The molecule has 0 aliphatic heterocycles. The molecule has 0 fully saturated rings. The van der Waals surface area contributed by atoms with Crippen LogP contribution in [0.15, 0.2) is 65.9 Å². The summed E-state index contributed by atoms with van der Waals surface area (Å²) >= 11 is 0. The molecule has 1 heterocycles. The predicted octanol–water partition coefficient (Wildman–Crippen LogP) is 3.66. The van der Waals surface area contributed by atoms with Crippen LogP contribution in [-0.2, 0) is 24.3 Å². The molecule has 8 heteroatoms. The number of nitrogens with zero attached hydrogens (tertiary/aromatic N) is 3. The number of carbonyl (C=O) groups excluding carboxylic acids is 1. The van der Waals surface area contributed by atoms with Crippen LogP contribution < -0.4 is 16.0 Å². The minimum atomic E-state index is -0.113. The lowest BCUT2D eigenvalue weighted by Gasteiger charge is -2.13. The molecule has 0 bridgehead atoms. The number of aromatic nitrogens is 2. The zero-order chi connectivity index (χ0) is 22.1. The first-order chi connectivity index (χ1) is 15.0. The van der Waals surface area contributed by atoms with Crippen molar-refractivity contribution < 1.29 is 4.79 Å². The Kier molecular flexibility index (Phi) is 10.2. The molecule has 3 rings (SSSR count). The number of rotatable bonds is 8. The lowest BCUT2D eigenvalue weighted by Crippen LogP contribution is -2.37. The average molecular weight is 546 g/mol. The number of aryl methyl sites for hydroxylation is 2. The first kappa shape index (κ1) is 25.4. The molecule has 3 N–H and O–H groups in total. The van der Waals surface area contributed by atoms with Crippen molar-refractivity contribution in [2.45, 2.75) is 33.4 Å². The highest BCUT2D eigenvalue weighted by molar-refractivity contribution is 14.0. The number of hydrogen-bond acceptors (Lipinski definition) is 3. The first-order valence-corrected chi connectivity index (χ1v) is 10.4. The molecule has 32 heavy (non-hydrogen) atoms. The van der Waals surface area contributed by atoms with Crippen LogP contribution in [0.5, 0.6) is 0 Å². The van der Waals surface area contributed by atoms with Gasteiger partial charge in [0.25, 0.3) is 0 Å². The summed E-state index contributed by atoms with van der Waals surface area (Å²) in [5.74, 6) is 0.634. The van der Waals surface area contributed by atoms with E-state index in [-0.39, 0.29) is 36.4 Å². The summed E-state index contributed by atoms with van der Waals surface area (Å²) in [6, 6.07) is 16.2. The largest absolute Gasteiger partial charge is 0.356 e. The molecule has 0 aliphatic carbocycles. The Morgan fingerprint density at radius 2 is 1.81 bits per heavy atom. The van der Waals surface area contributed by atoms with Crippen molar-refractivity contribution in [3.05, 3.63) is 83.2 Å². The van der Waals surface area contributed by atoms with Gasteiger partial charge in [-0.15, -0.1) is 24.0 Å². The first-order valence-electron chi connectivity index (χ1n) is 10.4. The quantitative estimate of drug-likeness (QED) is 0.229. The van der Waals surface area contributed by atoms with E-state index >= 15 is 0 Å². The molecule has 2 aromatic carbocycles. The third-order valence-corrected chi connectivity index (χ3v) is 4.75. The van der Waals surface area contributed by atoms with Gasteiger partial charge in [0.1, 0.15) is 6.54 Å². The summed E-state index contributed by atoms with van der Waals surface area (Å²) in [5, 5.41) is 13.6. The third-order valence-electron chi connectivity index (χ3n) is 4.75. The van der Waals surface area contributed by atoms with Crippen LogP contribution in [0.2, 0.25) is 0 Å². The number of guanidine groups is 1. The SMILES string of the molecule is CN=C(NCCc1cc(C)cc(C)c1)NCc1cccc(NC(=O)Cn2cccn2)c1.I. The number of halogens is 1. The van der Waals surface area contributed by atoms with E-state index in [4.69, 9.17) is 0 Å². The molecule has 7 nitrogen and oxygen atoms in total. The second-order valence-electron chi connectivity index (χ2n) is 7.55. The highest BCUT2D eigenvalue weighted by Gasteiger charge is 2.05. The summed E-state index contributed by atoms with van der Waals surface area (Å²) in [5.41, 5.74) is 5.70. The minimum Gasteiger partial charge on any atom is -0.356 e. The van der Waals surface area contributed by atoms with Gasteiger partial charge in [0.15, 0.2) is 5.96 Å². The predicted molar refractivity (Wildman–Crippen MR) is 141 cm³/mol. The Bertz CT molecular complexity index is 1010. The molecular formula is C24H31IN6O. The Hall–Kier alpha value is -2.88. The van der Waals surface area contributed by atoms with Crippen LogP contribution in [0.1, 0.15) is 22.3 Å². The van der Waals surface area contributed by atoms with Crippen LogP contribution in [0, 0.1) is 13.8 Å². The van der Waals surface area contributed by atoms with Gasteiger partial charge in [0.05, 0.1) is 0 Å². The zero-order valence-electron chi connectivity index (χ0n) is 18.8. The molecule has 0 spiro atoms. The summed E-state index contributed by atoms with van der Waals surface area (Å²) in [6.07, 6.45) is 4.35. The smallest absolute Gasteiger partial charge is 0.246 e. The molecule has 0 atom stereocenters. The van der Waals surface area contributed by atoms with Crippen molar-refractivity contribution in [1.29, 1.82) is 0 Å². The second kappa shape index (κ2) is 12.8. The molecule has 0 saturated heterocycles. The standard InChI is InChI=1S/C24H30N6O.HI/c1-18-12-19(2)14-20(13-18)8-10-26-24(25-3)27-16-21-6-4-7-22(15-21)29-23(31)17-30-11-5-9-28-30;/h4-7,9,11-15H,8,10,16-17H2,1-3H3,(H,29,31)(H2,25,26,27);1H. The van der Waals surface area contributed by atoms with Crippen molar-refractivity contribution in [1.82, 2.24) is 20.4 Å². The van der Waals surface area contributed by atoms with E-state index in [1.54, 1.807) is 30.2 Å². The molecule has 0 aliphatic rings. The van der Waals surface area contributed by atoms with Gasteiger partial charge in [-0.25, -0.2) is 0 Å². The van der Waals surface area contributed by atoms with Gasteiger partial charge in [-0.1, -0.05) is 41.5 Å². The zero-order valence-corrected chi connectivity index (χ0v) is 21.1. The van der Waals surface area contributed by atoms with Crippen LogP contribution in [0.25, 0.3) is 0 Å². The fourth-order valence-electron chi connectivity index (χ4n) is 3.45. The number of amides is 1. The summed E-state index contributed by atoms with van der Waals surface area (Å²) in [7, 11) is 1.76. The van der Waals surface area contributed by atoms with E-state index in [1.165, 1.54) is 16.7 Å². The highest BCUT2D eigenvalue weighted by Crippen LogP contribution is 2.11. The van der Waals surface area contributed by atoms with Crippen molar-refractivity contribution in [3.8, 4) is 0 Å². The maximum Gasteiger partial charge on any atom is 0.246 e. The summed E-state index contributed by atoms with van der Waals surface area (Å²) < 4.78 is 1.59. The topological polar surface area (TPSA) is 83.3 Å². The molecule has 0 radical (unpaired) electrons. The highest BCUT2D eigenvalue weighted by atomic mass is 127. The van der Waals surface area contributed by atoms with E-state index in [2.05, 4.69) is 58.1 Å². The molecule has 1 aromatic heterocycles. The Morgan fingerprint density at radius 1 is 1.03 bits per heavy atom. The van der Waals surface area contributed by atoms with Gasteiger partial charge in [0.2, 0.25) is 5.91 Å². The summed E-state index contributed by atoms with van der Waals surface area (Å²) in [4.78, 5) is 16.5. The second-order valence-corrected chi connectivity index (χ2v) is 7.55. The van der Waals surface area contributed by atoms with Gasteiger partial charge in [-0.05, 0) is 49.6 Å². The molecule has 170 valence electrons. The van der Waals surface area contributed by atoms with Gasteiger partial charge in [-0.2, -0.15) is 5.10 Å². The van der Waals surface area contributed by atoms with Crippen molar-refractivity contribution in [2.75, 3.05) is 18.9 Å². The molecule has 1 amide bonds. The van der Waals surface area contributed by atoms with Crippen LogP contribution in [-0.4, -0.2) is 35.2 Å². The van der Waals surface area contributed by atoms with E-state index in [0.29, 0.717) is 6.54 Å². The van der Waals surface area contributed by atoms with E-state index in [1.807, 2.05) is 24.3 Å². The lowest BCUT2D eigenvalue weighted by molar-refractivity contribution is -0.116. The third kappa shape index (κ3) is 8.33. The molecule has 0 unspecified atom stereocenters. The van der Waals surface area contributed by atoms with Crippen LogP contribution in [0.4, 0.5) is 5.69 Å². The van der Waals surface area contributed by atoms with Crippen molar-refractivity contribution in [3.63, 3.8) is 0 Å². The van der Waals surface area contributed by atoms with Crippen molar-refractivity contribution >= 4 is 41.5 Å². The van der Waals surface area contributed by atoms with Crippen molar-refractivity contribution in [2.24, 2.45) is 4.99 Å². The number of hydrogen-bond donors (Lipinski definition) is 3. The fraction of sp³-hybridized carbons (Fsp3) is 0.292. The van der Waals surface area contributed by atoms with Crippen LogP contribution in [0.3, 0.4) is 0 Å². The maximum atomic E-state index is 12.2. The summed E-state index contributed by atoms with van der Waals surface area (Å²) in [6.45, 7) is 5.83. The van der Waals surface area contributed by atoms with Crippen LogP contribution >= 0.6 is 24.0 Å². The molecule has 3 aromatic rings. The van der Waals surface area contributed by atoms with E-state index < -0.39 is 0 Å². The number of aliphatic imine (C=N–C) groups is 1. The van der Waals surface area contributed by atoms with Gasteiger partial charge < -0.3 is 16.0 Å². The Balaban J connectivity index is 0.00000363. The number of anilines is 1. The minimum absolute atomic E-state index is 0. The maximum absolute atomic E-state index is 12.2. The van der Waals surface area contributed by atoms with Gasteiger partial charge in [0, 0.05) is 38.2 Å². The van der Waals surface area contributed by atoms with E-state index in [0.717, 1.165) is 30.2 Å². The Morgan fingerprint density at radius 3 is 2.50 bits per heavy atom. The monoisotopic (exact) mass is 546 g/mol. The number of nitrogens with one attached hydrogen (secondary N) is 3. The number of benzene rings is 2. The van der Waals surface area contributed by atoms with Gasteiger partial charge >= 0.3 is 0 Å². The normalized spacial score (nSPS) is 10.9. The van der Waals surface area contributed by atoms with E-state index in [9.17, 15) is 4.79 Å².